The van der Waals surface area contributed by atoms with E-state index >= 15 is 0 Å². The van der Waals surface area contributed by atoms with E-state index in [9.17, 15) is 9.59 Å². The third-order valence-corrected chi connectivity index (χ3v) is 4.37. The summed E-state index contributed by atoms with van der Waals surface area (Å²) in [6.45, 7) is 3.69. The molecule has 0 unspecified atom stereocenters. The quantitative estimate of drug-likeness (QED) is 0.856. The number of aromatic nitrogens is 2. The van der Waals surface area contributed by atoms with Crippen LogP contribution in [0.3, 0.4) is 0 Å². The molecule has 1 saturated heterocycles. The molecule has 132 valence electrons. The standard InChI is InChI=1S/C18H23N5O2/c1-19-17(24)14-21-7-9-22(10-8-21)18(25)16-11-20-23(13-16)12-15-5-3-2-4-6-15/h2-6,11,13H,7-10,12,14H2,1H3,(H,19,24). The number of carbonyl (C=O) groups is 2. The molecule has 0 bridgehead atoms. The smallest absolute Gasteiger partial charge is 0.257 e. The highest BCUT2D eigenvalue weighted by Crippen LogP contribution is 2.09. The summed E-state index contributed by atoms with van der Waals surface area (Å²) in [7, 11) is 1.63. The van der Waals surface area contributed by atoms with Crippen LogP contribution in [0.5, 0.6) is 0 Å². The molecule has 7 nitrogen and oxygen atoms in total. The Kier molecular flexibility index (Phi) is 5.45. The van der Waals surface area contributed by atoms with Gasteiger partial charge in [-0.15, -0.1) is 0 Å². The first-order chi connectivity index (χ1) is 12.2. The molecule has 25 heavy (non-hydrogen) atoms. The summed E-state index contributed by atoms with van der Waals surface area (Å²) in [5, 5.41) is 6.92. The third-order valence-electron chi connectivity index (χ3n) is 4.37. The van der Waals surface area contributed by atoms with Crippen LogP contribution in [0.15, 0.2) is 42.7 Å². The molecule has 0 spiro atoms. The van der Waals surface area contributed by atoms with Crippen molar-refractivity contribution in [2.45, 2.75) is 6.54 Å². The van der Waals surface area contributed by atoms with E-state index in [0.717, 1.165) is 5.56 Å². The first-order valence-corrected chi connectivity index (χ1v) is 8.44. The van der Waals surface area contributed by atoms with Gasteiger partial charge in [0.05, 0.1) is 24.8 Å². The van der Waals surface area contributed by atoms with Gasteiger partial charge < -0.3 is 10.2 Å². The van der Waals surface area contributed by atoms with Crippen molar-refractivity contribution in [3.05, 3.63) is 53.9 Å². The van der Waals surface area contributed by atoms with Crippen LogP contribution >= 0.6 is 0 Å². The Labute approximate surface area is 147 Å². The second kappa shape index (κ2) is 7.94. The largest absolute Gasteiger partial charge is 0.358 e. The highest BCUT2D eigenvalue weighted by atomic mass is 16.2. The summed E-state index contributed by atoms with van der Waals surface area (Å²) in [5.74, 6) is 0.000805. The van der Waals surface area contributed by atoms with E-state index in [1.54, 1.807) is 24.1 Å². The van der Waals surface area contributed by atoms with Gasteiger partial charge in [0.1, 0.15) is 0 Å². The number of benzene rings is 1. The van der Waals surface area contributed by atoms with Gasteiger partial charge in [-0.2, -0.15) is 5.10 Å². The molecule has 0 saturated carbocycles. The lowest BCUT2D eigenvalue weighted by molar-refractivity contribution is -0.122. The molecule has 0 atom stereocenters. The van der Waals surface area contributed by atoms with Gasteiger partial charge in [0.2, 0.25) is 5.91 Å². The van der Waals surface area contributed by atoms with Gasteiger partial charge in [0.25, 0.3) is 5.91 Å². The van der Waals surface area contributed by atoms with Crippen LogP contribution in [-0.2, 0) is 11.3 Å². The van der Waals surface area contributed by atoms with E-state index in [1.165, 1.54) is 0 Å². The average Bonchev–Trinajstić information content (AvgIpc) is 3.11. The normalized spacial score (nSPS) is 15.2. The zero-order chi connectivity index (χ0) is 17.6. The summed E-state index contributed by atoms with van der Waals surface area (Å²) >= 11 is 0. The fraction of sp³-hybridized carbons (Fsp3) is 0.389. The molecule has 1 fully saturated rings. The van der Waals surface area contributed by atoms with Crippen molar-refractivity contribution in [3.8, 4) is 0 Å². The van der Waals surface area contributed by atoms with Crippen LogP contribution in [0.1, 0.15) is 15.9 Å². The first kappa shape index (κ1) is 17.2. The summed E-state index contributed by atoms with van der Waals surface area (Å²) in [6.07, 6.45) is 3.43. The zero-order valence-corrected chi connectivity index (χ0v) is 14.4. The van der Waals surface area contributed by atoms with Gasteiger partial charge in [0, 0.05) is 39.4 Å². The lowest BCUT2D eigenvalue weighted by atomic mass is 10.2. The molecule has 1 aliphatic rings. The van der Waals surface area contributed by atoms with Gasteiger partial charge in [-0.1, -0.05) is 30.3 Å². The molecule has 1 aromatic heterocycles. The fourth-order valence-corrected chi connectivity index (χ4v) is 2.90. The topological polar surface area (TPSA) is 70.5 Å². The molecular weight excluding hydrogens is 318 g/mol. The molecule has 1 aliphatic heterocycles. The van der Waals surface area contributed by atoms with Crippen molar-refractivity contribution >= 4 is 11.8 Å². The minimum absolute atomic E-state index is 0.00101. The molecule has 3 rings (SSSR count). The van der Waals surface area contributed by atoms with Crippen LogP contribution in [0.25, 0.3) is 0 Å². The van der Waals surface area contributed by atoms with Crippen molar-refractivity contribution in [1.29, 1.82) is 0 Å². The van der Waals surface area contributed by atoms with Crippen molar-refractivity contribution < 1.29 is 9.59 Å². The number of amides is 2. The SMILES string of the molecule is CNC(=O)CN1CCN(C(=O)c2cnn(Cc3ccccc3)c2)CC1. The Morgan fingerprint density at radius 2 is 1.84 bits per heavy atom. The van der Waals surface area contributed by atoms with Crippen molar-refractivity contribution in [1.82, 2.24) is 24.9 Å². The van der Waals surface area contributed by atoms with E-state index < -0.39 is 0 Å². The Hall–Kier alpha value is -2.67. The van der Waals surface area contributed by atoms with Crippen molar-refractivity contribution in [2.75, 3.05) is 39.8 Å². The first-order valence-electron chi connectivity index (χ1n) is 8.44. The van der Waals surface area contributed by atoms with Crippen molar-refractivity contribution in [3.63, 3.8) is 0 Å². The van der Waals surface area contributed by atoms with E-state index in [4.69, 9.17) is 0 Å². The van der Waals surface area contributed by atoms with E-state index in [1.807, 2.05) is 35.2 Å². The zero-order valence-electron chi connectivity index (χ0n) is 14.4. The van der Waals surface area contributed by atoms with Crippen LogP contribution < -0.4 is 5.32 Å². The average molecular weight is 341 g/mol. The predicted octanol–water partition coefficient (Wildman–Crippen LogP) is 0.435. The molecule has 2 heterocycles. The number of hydrogen-bond donors (Lipinski definition) is 1. The van der Waals surface area contributed by atoms with Gasteiger partial charge in [-0.05, 0) is 5.56 Å². The van der Waals surface area contributed by atoms with Gasteiger partial charge in [0.15, 0.2) is 0 Å². The number of nitrogens with zero attached hydrogens (tertiary/aromatic N) is 4. The maximum absolute atomic E-state index is 12.6. The molecule has 1 aromatic carbocycles. The number of hydrogen-bond acceptors (Lipinski definition) is 4. The van der Waals surface area contributed by atoms with E-state index in [0.29, 0.717) is 44.8 Å². The predicted molar refractivity (Wildman–Crippen MR) is 94.2 cm³/mol. The Balaban J connectivity index is 1.55. The number of carbonyl (C=O) groups excluding carboxylic acids is 2. The summed E-state index contributed by atoms with van der Waals surface area (Å²) in [5.41, 5.74) is 1.75. The highest BCUT2D eigenvalue weighted by molar-refractivity contribution is 5.93. The maximum Gasteiger partial charge on any atom is 0.257 e. The van der Waals surface area contributed by atoms with Gasteiger partial charge in [-0.25, -0.2) is 0 Å². The third kappa shape index (κ3) is 4.45. The van der Waals surface area contributed by atoms with Crippen LogP contribution in [0, 0.1) is 0 Å². The summed E-state index contributed by atoms with van der Waals surface area (Å²) < 4.78 is 1.78. The summed E-state index contributed by atoms with van der Waals surface area (Å²) in [6, 6.07) is 10.0. The lowest BCUT2D eigenvalue weighted by Gasteiger charge is -2.34. The molecule has 0 radical (unpaired) electrons. The Morgan fingerprint density at radius 1 is 1.12 bits per heavy atom. The van der Waals surface area contributed by atoms with Crippen LogP contribution in [-0.4, -0.2) is 71.2 Å². The number of nitrogens with one attached hydrogen (secondary N) is 1. The number of rotatable bonds is 5. The van der Waals surface area contributed by atoms with Crippen LogP contribution in [0.2, 0.25) is 0 Å². The Morgan fingerprint density at radius 3 is 2.52 bits per heavy atom. The molecule has 7 heteroatoms. The summed E-state index contributed by atoms with van der Waals surface area (Å²) in [4.78, 5) is 27.9. The maximum atomic E-state index is 12.6. The monoisotopic (exact) mass is 341 g/mol. The van der Waals surface area contributed by atoms with Gasteiger partial charge in [-0.3, -0.25) is 19.2 Å². The molecule has 0 aliphatic carbocycles. The molecule has 2 aromatic rings. The second-order valence-electron chi connectivity index (χ2n) is 6.15. The molecular formula is C18H23N5O2. The minimum atomic E-state index is -0.00101. The molecule has 2 amide bonds. The van der Waals surface area contributed by atoms with Crippen LogP contribution in [0.4, 0.5) is 0 Å². The second-order valence-corrected chi connectivity index (χ2v) is 6.15. The Bertz CT molecular complexity index is 720. The van der Waals surface area contributed by atoms with Gasteiger partial charge >= 0.3 is 0 Å². The number of piperazine rings is 1. The van der Waals surface area contributed by atoms with E-state index in [2.05, 4.69) is 15.3 Å². The van der Waals surface area contributed by atoms with E-state index in [-0.39, 0.29) is 11.8 Å². The number of likely N-dealkylation sites (N-methyl/N-ethyl adjacent to an activating group) is 1. The lowest BCUT2D eigenvalue weighted by Crippen LogP contribution is -2.50. The fourth-order valence-electron chi connectivity index (χ4n) is 2.90. The minimum Gasteiger partial charge on any atom is -0.358 e. The highest BCUT2D eigenvalue weighted by Gasteiger charge is 2.23. The van der Waals surface area contributed by atoms with Crippen molar-refractivity contribution in [2.24, 2.45) is 0 Å². The molecule has 1 N–H and O–H groups in total.